The van der Waals surface area contributed by atoms with Gasteiger partial charge >= 0.3 is 23.9 Å². The molecule has 166 valence electrons. The van der Waals surface area contributed by atoms with Crippen LogP contribution in [0.5, 0.6) is 0 Å². The zero-order valence-electron chi connectivity index (χ0n) is 16.4. The average molecular weight is 410 g/mol. The number of aliphatic carboxylic acids is 4. The van der Waals surface area contributed by atoms with Gasteiger partial charge in [0.2, 0.25) is 0 Å². The number of carboxylic acid groups (broad SMARTS) is 4. The van der Waals surface area contributed by atoms with Gasteiger partial charge in [-0.05, 0) is 44.4 Å². The Balaban J connectivity index is -0.000000337. The van der Waals surface area contributed by atoms with Gasteiger partial charge in [-0.25, -0.2) is 0 Å². The average Bonchev–Trinajstić information content (AvgIpc) is 2.57. The molecule has 0 saturated heterocycles. The molecule has 0 spiro atoms. The van der Waals surface area contributed by atoms with Crippen molar-refractivity contribution in [3.05, 3.63) is 0 Å². The third-order valence-corrected chi connectivity index (χ3v) is 3.31. The van der Waals surface area contributed by atoms with E-state index >= 15 is 0 Å². The summed E-state index contributed by atoms with van der Waals surface area (Å²) in [6.45, 7) is 2.49. The summed E-state index contributed by atoms with van der Waals surface area (Å²) in [5.74, 6) is -3.02. The van der Waals surface area contributed by atoms with Gasteiger partial charge in [-0.3, -0.25) is 19.2 Å². The Morgan fingerprint density at radius 1 is 0.571 bits per heavy atom. The molecule has 0 aromatic rings. The third-order valence-electron chi connectivity index (χ3n) is 3.31. The molecule has 10 heteroatoms. The topological polar surface area (TPSA) is 190 Å². The van der Waals surface area contributed by atoms with Crippen LogP contribution in [-0.4, -0.2) is 67.7 Å². The molecule has 0 heterocycles. The second kappa shape index (κ2) is 22.8. The predicted octanol–water partition coefficient (Wildman–Crippen LogP) is 1.82. The van der Waals surface area contributed by atoms with Crippen molar-refractivity contribution in [2.75, 3.05) is 13.2 Å². The number of carboxylic acids is 4. The molecule has 0 amide bonds. The van der Waals surface area contributed by atoms with Crippen molar-refractivity contribution < 1.29 is 49.8 Å². The minimum atomic E-state index is -0.870. The van der Waals surface area contributed by atoms with Crippen molar-refractivity contribution in [1.82, 2.24) is 0 Å². The lowest BCUT2D eigenvalue weighted by molar-refractivity contribution is -0.139. The minimum Gasteiger partial charge on any atom is -0.481 e. The van der Waals surface area contributed by atoms with Crippen molar-refractivity contribution >= 4 is 23.9 Å². The Morgan fingerprint density at radius 3 is 0.929 bits per heavy atom. The third kappa shape index (κ3) is 39.0. The Kier molecular flexibility index (Phi) is 24.9. The van der Waals surface area contributed by atoms with E-state index in [0.29, 0.717) is 31.6 Å². The maximum Gasteiger partial charge on any atom is 0.303 e. The van der Waals surface area contributed by atoms with E-state index in [-0.39, 0.29) is 38.9 Å². The highest BCUT2D eigenvalue weighted by atomic mass is 16.4. The lowest BCUT2D eigenvalue weighted by atomic mass is 10.1. The second-order valence-electron chi connectivity index (χ2n) is 6.12. The Bertz CT molecular complexity index is 353. The van der Waals surface area contributed by atoms with Gasteiger partial charge < -0.3 is 30.6 Å². The highest BCUT2D eigenvalue weighted by Gasteiger charge is 2.00. The summed E-state index contributed by atoms with van der Waals surface area (Å²) in [7, 11) is 0. The number of aliphatic hydroxyl groups excluding tert-OH is 2. The zero-order chi connectivity index (χ0) is 22.4. The van der Waals surface area contributed by atoms with Crippen LogP contribution >= 0.6 is 0 Å². The van der Waals surface area contributed by atoms with Gasteiger partial charge in [0.15, 0.2) is 0 Å². The number of hydrogen-bond donors (Lipinski definition) is 6. The number of rotatable bonds is 14. The van der Waals surface area contributed by atoms with E-state index < -0.39 is 23.9 Å². The van der Waals surface area contributed by atoms with Crippen LogP contribution in [-0.2, 0) is 19.2 Å². The first-order valence-electron chi connectivity index (χ1n) is 9.15. The SMILES string of the molecule is CC(CCO)CCO.O=C(O)CCCCC(=O)O.O=C(O)CCCCC(=O)O. The molecule has 0 aliphatic heterocycles. The molecule has 0 atom stereocenters. The highest BCUT2D eigenvalue weighted by molar-refractivity contribution is 5.68. The minimum absolute atomic E-state index is 0.0628. The summed E-state index contributed by atoms with van der Waals surface area (Å²) >= 11 is 0. The van der Waals surface area contributed by atoms with E-state index in [9.17, 15) is 19.2 Å². The molecule has 0 rings (SSSR count). The lowest BCUT2D eigenvalue weighted by Crippen LogP contribution is -1.99. The van der Waals surface area contributed by atoms with E-state index in [4.69, 9.17) is 30.6 Å². The van der Waals surface area contributed by atoms with Crippen LogP contribution in [0.4, 0.5) is 0 Å². The van der Waals surface area contributed by atoms with Gasteiger partial charge in [-0.2, -0.15) is 0 Å². The predicted molar refractivity (Wildman–Crippen MR) is 100 cm³/mol. The highest BCUT2D eigenvalue weighted by Crippen LogP contribution is 2.04. The van der Waals surface area contributed by atoms with Crippen molar-refractivity contribution in [3.63, 3.8) is 0 Å². The first-order chi connectivity index (χ1) is 13.1. The molecule has 0 aromatic heterocycles. The molecule has 0 aliphatic rings. The van der Waals surface area contributed by atoms with E-state index in [0.717, 1.165) is 12.8 Å². The van der Waals surface area contributed by atoms with Gasteiger partial charge in [0.25, 0.3) is 0 Å². The van der Waals surface area contributed by atoms with E-state index in [1.54, 1.807) is 0 Å². The van der Waals surface area contributed by atoms with E-state index in [2.05, 4.69) is 0 Å². The van der Waals surface area contributed by atoms with Crippen molar-refractivity contribution in [3.8, 4) is 0 Å². The first-order valence-corrected chi connectivity index (χ1v) is 9.15. The van der Waals surface area contributed by atoms with E-state index in [1.165, 1.54) is 0 Å². The van der Waals surface area contributed by atoms with Crippen LogP contribution < -0.4 is 0 Å². The largest absolute Gasteiger partial charge is 0.481 e. The second-order valence-corrected chi connectivity index (χ2v) is 6.12. The fourth-order valence-corrected chi connectivity index (χ4v) is 1.69. The molecule has 10 nitrogen and oxygen atoms in total. The Morgan fingerprint density at radius 2 is 0.786 bits per heavy atom. The molecule has 0 fully saturated rings. The van der Waals surface area contributed by atoms with Crippen LogP contribution in [0.3, 0.4) is 0 Å². The number of hydrogen-bond acceptors (Lipinski definition) is 6. The van der Waals surface area contributed by atoms with Crippen LogP contribution in [0.25, 0.3) is 0 Å². The fourth-order valence-electron chi connectivity index (χ4n) is 1.69. The maximum absolute atomic E-state index is 9.90. The molecule has 0 saturated carbocycles. The molecule has 0 aliphatic carbocycles. The summed E-state index contributed by atoms with van der Waals surface area (Å²) in [5, 5.41) is 49.3. The standard InChI is InChI=1S/2C6H10O4.C6H14O2/c2*7-5(8)3-1-2-4-6(9)10;1-6(2-4-7)3-5-8/h2*1-4H2,(H,7,8)(H,9,10);6-8H,2-5H2,1H3. The molecule has 0 bridgehead atoms. The summed E-state index contributed by atoms with van der Waals surface area (Å²) in [6.07, 6.45) is 3.65. The fraction of sp³-hybridized carbons (Fsp3) is 0.778. The van der Waals surface area contributed by atoms with Crippen LogP contribution in [0.15, 0.2) is 0 Å². The summed E-state index contributed by atoms with van der Waals surface area (Å²) < 4.78 is 0. The van der Waals surface area contributed by atoms with Gasteiger partial charge in [-0.1, -0.05) is 6.92 Å². The van der Waals surface area contributed by atoms with Gasteiger partial charge in [-0.15, -0.1) is 0 Å². The maximum atomic E-state index is 9.90. The molecule has 0 unspecified atom stereocenters. The number of carbonyl (C=O) groups is 4. The van der Waals surface area contributed by atoms with Crippen LogP contribution in [0.1, 0.15) is 71.1 Å². The van der Waals surface area contributed by atoms with Crippen molar-refractivity contribution in [2.45, 2.75) is 71.1 Å². The smallest absolute Gasteiger partial charge is 0.303 e. The molecule has 0 aromatic carbocycles. The van der Waals surface area contributed by atoms with Crippen LogP contribution in [0.2, 0.25) is 0 Å². The first kappa shape index (κ1) is 30.5. The lowest BCUT2D eigenvalue weighted by Gasteiger charge is -2.04. The van der Waals surface area contributed by atoms with Crippen molar-refractivity contribution in [2.24, 2.45) is 5.92 Å². The monoisotopic (exact) mass is 410 g/mol. The molecule has 0 radical (unpaired) electrons. The molecular formula is C18H34O10. The van der Waals surface area contributed by atoms with Gasteiger partial charge in [0.1, 0.15) is 0 Å². The van der Waals surface area contributed by atoms with Gasteiger partial charge in [0, 0.05) is 38.9 Å². The molecule has 6 N–H and O–H groups in total. The van der Waals surface area contributed by atoms with E-state index in [1.807, 2.05) is 6.92 Å². The Hall–Kier alpha value is -2.20. The van der Waals surface area contributed by atoms with Crippen LogP contribution in [0, 0.1) is 5.92 Å². The Labute approximate surface area is 164 Å². The quantitative estimate of drug-likeness (QED) is 0.230. The summed E-state index contributed by atoms with van der Waals surface area (Å²) in [5.41, 5.74) is 0. The zero-order valence-corrected chi connectivity index (χ0v) is 16.4. The van der Waals surface area contributed by atoms with Gasteiger partial charge in [0.05, 0.1) is 0 Å². The number of unbranched alkanes of at least 4 members (excludes halogenated alkanes) is 2. The molecular weight excluding hydrogens is 376 g/mol. The normalized spacial score (nSPS) is 9.57. The molecule has 28 heavy (non-hydrogen) atoms. The summed E-state index contributed by atoms with van der Waals surface area (Å²) in [6, 6.07) is 0. The summed E-state index contributed by atoms with van der Waals surface area (Å²) in [4.78, 5) is 39.6. The number of aliphatic hydroxyl groups is 2. The van der Waals surface area contributed by atoms with Crippen molar-refractivity contribution in [1.29, 1.82) is 0 Å².